The highest BCUT2D eigenvalue weighted by atomic mass is 35.5. The van der Waals surface area contributed by atoms with E-state index >= 15 is 0 Å². The average Bonchev–Trinajstić information content (AvgIpc) is 3.00. The molecule has 5 nitrogen and oxygen atoms in total. The van der Waals surface area contributed by atoms with Crippen LogP contribution in [0.5, 0.6) is 5.75 Å². The molecule has 0 aliphatic heterocycles. The fourth-order valence-corrected chi connectivity index (χ4v) is 2.61. The zero-order valence-electron chi connectivity index (χ0n) is 13.8. The SMILES string of the molecule is CCn1nccc1CN(C)C(=O)CCc1ccc(Cl)c(OC)c1. The smallest absolute Gasteiger partial charge is 0.222 e. The summed E-state index contributed by atoms with van der Waals surface area (Å²) in [6.07, 6.45) is 2.86. The summed E-state index contributed by atoms with van der Waals surface area (Å²) in [6.45, 7) is 3.40. The van der Waals surface area contributed by atoms with E-state index in [-0.39, 0.29) is 5.91 Å². The number of carbonyl (C=O) groups is 1. The first kappa shape index (κ1) is 17.3. The van der Waals surface area contributed by atoms with Gasteiger partial charge in [0, 0.05) is 26.2 Å². The molecule has 0 bridgehead atoms. The van der Waals surface area contributed by atoms with Crippen molar-refractivity contribution >= 4 is 17.5 Å². The van der Waals surface area contributed by atoms with E-state index in [1.807, 2.05) is 36.9 Å². The highest BCUT2D eigenvalue weighted by molar-refractivity contribution is 6.32. The minimum Gasteiger partial charge on any atom is -0.495 e. The number of ether oxygens (including phenoxy) is 1. The van der Waals surface area contributed by atoms with Crippen LogP contribution < -0.4 is 4.74 Å². The van der Waals surface area contributed by atoms with Crippen LogP contribution in [-0.4, -0.2) is 34.7 Å². The van der Waals surface area contributed by atoms with E-state index < -0.39 is 0 Å². The van der Waals surface area contributed by atoms with Gasteiger partial charge in [0.25, 0.3) is 0 Å². The molecule has 2 aromatic rings. The summed E-state index contributed by atoms with van der Waals surface area (Å²) in [7, 11) is 3.40. The minimum atomic E-state index is 0.0998. The van der Waals surface area contributed by atoms with Crippen molar-refractivity contribution in [2.24, 2.45) is 0 Å². The molecule has 0 atom stereocenters. The number of halogens is 1. The second-order valence-electron chi connectivity index (χ2n) is 5.36. The summed E-state index contributed by atoms with van der Waals surface area (Å²) >= 11 is 6.01. The summed E-state index contributed by atoms with van der Waals surface area (Å²) in [6, 6.07) is 7.53. The zero-order valence-corrected chi connectivity index (χ0v) is 14.5. The van der Waals surface area contributed by atoms with Crippen LogP contribution >= 0.6 is 11.6 Å². The van der Waals surface area contributed by atoms with Crippen molar-refractivity contribution in [2.45, 2.75) is 32.9 Å². The molecule has 0 aliphatic rings. The number of carbonyl (C=O) groups excluding carboxylic acids is 1. The lowest BCUT2D eigenvalue weighted by Gasteiger charge is -2.18. The molecule has 0 saturated carbocycles. The molecular formula is C17H22ClN3O2. The molecule has 0 aliphatic carbocycles. The van der Waals surface area contributed by atoms with Crippen LogP contribution in [0.1, 0.15) is 24.6 Å². The monoisotopic (exact) mass is 335 g/mol. The van der Waals surface area contributed by atoms with Crippen LogP contribution in [0.3, 0.4) is 0 Å². The van der Waals surface area contributed by atoms with Gasteiger partial charge in [-0.15, -0.1) is 0 Å². The Labute approximate surface area is 141 Å². The lowest BCUT2D eigenvalue weighted by molar-refractivity contribution is -0.130. The number of nitrogens with zero attached hydrogens (tertiary/aromatic N) is 3. The Kier molecular flexibility index (Phi) is 6.04. The van der Waals surface area contributed by atoms with Crippen LogP contribution in [0.2, 0.25) is 5.02 Å². The molecule has 23 heavy (non-hydrogen) atoms. The normalized spacial score (nSPS) is 10.6. The average molecular weight is 336 g/mol. The fourth-order valence-electron chi connectivity index (χ4n) is 2.41. The van der Waals surface area contributed by atoms with E-state index in [0.29, 0.717) is 30.2 Å². The number of amides is 1. The maximum Gasteiger partial charge on any atom is 0.222 e. The second kappa shape index (κ2) is 8.02. The molecule has 2 rings (SSSR count). The van der Waals surface area contributed by atoms with Crippen molar-refractivity contribution in [1.82, 2.24) is 14.7 Å². The molecule has 6 heteroatoms. The molecule has 0 radical (unpaired) electrons. The van der Waals surface area contributed by atoms with Crippen LogP contribution in [-0.2, 0) is 24.3 Å². The minimum absolute atomic E-state index is 0.0998. The molecule has 124 valence electrons. The second-order valence-corrected chi connectivity index (χ2v) is 5.76. The van der Waals surface area contributed by atoms with E-state index in [9.17, 15) is 4.79 Å². The van der Waals surface area contributed by atoms with Crippen molar-refractivity contribution in [3.05, 3.63) is 46.7 Å². The van der Waals surface area contributed by atoms with Crippen LogP contribution in [0.15, 0.2) is 30.5 Å². The number of hydrogen-bond acceptors (Lipinski definition) is 3. The van der Waals surface area contributed by atoms with Gasteiger partial charge in [-0.3, -0.25) is 9.48 Å². The summed E-state index contributed by atoms with van der Waals surface area (Å²) in [5, 5.41) is 4.80. The van der Waals surface area contributed by atoms with Crippen molar-refractivity contribution < 1.29 is 9.53 Å². The van der Waals surface area contributed by atoms with E-state index in [4.69, 9.17) is 16.3 Å². The first-order valence-corrected chi connectivity index (χ1v) is 8.00. The number of rotatable bonds is 7. The number of hydrogen-bond donors (Lipinski definition) is 0. The van der Waals surface area contributed by atoms with Gasteiger partial charge in [-0.05, 0) is 37.1 Å². The maximum atomic E-state index is 12.3. The van der Waals surface area contributed by atoms with Crippen molar-refractivity contribution in [1.29, 1.82) is 0 Å². The van der Waals surface area contributed by atoms with E-state index in [1.165, 1.54) is 0 Å². The van der Waals surface area contributed by atoms with Crippen LogP contribution in [0.4, 0.5) is 0 Å². The van der Waals surface area contributed by atoms with Gasteiger partial charge >= 0.3 is 0 Å². The topological polar surface area (TPSA) is 47.4 Å². The summed E-state index contributed by atoms with van der Waals surface area (Å²) < 4.78 is 7.10. The molecule has 1 amide bonds. The summed E-state index contributed by atoms with van der Waals surface area (Å²) in [4.78, 5) is 14.0. The van der Waals surface area contributed by atoms with Gasteiger partial charge in [-0.1, -0.05) is 17.7 Å². The third-order valence-electron chi connectivity index (χ3n) is 3.77. The highest BCUT2D eigenvalue weighted by Gasteiger charge is 2.12. The lowest BCUT2D eigenvalue weighted by atomic mass is 10.1. The van der Waals surface area contributed by atoms with Gasteiger partial charge in [0.2, 0.25) is 5.91 Å². The predicted molar refractivity (Wildman–Crippen MR) is 90.7 cm³/mol. The Morgan fingerprint density at radius 2 is 2.17 bits per heavy atom. The Balaban J connectivity index is 1.91. The Morgan fingerprint density at radius 1 is 1.39 bits per heavy atom. The van der Waals surface area contributed by atoms with Crippen molar-refractivity contribution in [2.75, 3.05) is 14.2 Å². The third-order valence-corrected chi connectivity index (χ3v) is 4.08. The van der Waals surface area contributed by atoms with E-state index in [0.717, 1.165) is 17.8 Å². The Bertz CT molecular complexity index is 670. The Hall–Kier alpha value is -2.01. The molecule has 0 spiro atoms. The zero-order chi connectivity index (χ0) is 16.8. The number of benzene rings is 1. The van der Waals surface area contributed by atoms with E-state index in [1.54, 1.807) is 24.3 Å². The molecular weight excluding hydrogens is 314 g/mol. The third kappa shape index (κ3) is 4.48. The lowest BCUT2D eigenvalue weighted by Crippen LogP contribution is -2.27. The van der Waals surface area contributed by atoms with Crippen molar-refractivity contribution in [3.63, 3.8) is 0 Å². The molecule has 0 saturated heterocycles. The summed E-state index contributed by atoms with van der Waals surface area (Å²) in [5.74, 6) is 0.736. The van der Waals surface area contributed by atoms with Crippen LogP contribution in [0.25, 0.3) is 0 Å². The molecule has 0 N–H and O–H groups in total. The van der Waals surface area contributed by atoms with Gasteiger partial charge in [0.05, 0.1) is 24.4 Å². The molecule has 0 fully saturated rings. The molecule has 1 aromatic heterocycles. The molecule has 1 heterocycles. The molecule has 1 aromatic carbocycles. The van der Waals surface area contributed by atoms with Crippen LogP contribution in [0, 0.1) is 0 Å². The van der Waals surface area contributed by atoms with Gasteiger partial charge in [0.15, 0.2) is 0 Å². The summed E-state index contributed by atoms with van der Waals surface area (Å²) in [5.41, 5.74) is 2.07. The fraction of sp³-hybridized carbons (Fsp3) is 0.412. The standard InChI is InChI=1S/C17H22ClN3O2/c1-4-21-14(9-10-19-21)12-20(2)17(22)8-6-13-5-7-15(18)16(11-13)23-3/h5,7,9-11H,4,6,8,12H2,1-3H3. The Morgan fingerprint density at radius 3 is 2.87 bits per heavy atom. The van der Waals surface area contributed by atoms with Crippen molar-refractivity contribution in [3.8, 4) is 5.75 Å². The number of aromatic nitrogens is 2. The number of aryl methyl sites for hydroxylation is 2. The highest BCUT2D eigenvalue weighted by Crippen LogP contribution is 2.25. The first-order chi connectivity index (χ1) is 11.0. The van der Waals surface area contributed by atoms with E-state index in [2.05, 4.69) is 5.10 Å². The quantitative estimate of drug-likeness (QED) is 0.781. The number of methoxy groups -OCH3 is 1. The van der Waals surface area contributed by atoms with Gasteiger partial charge in [0.1, 0.15) is 5.75 Å². The predicted octanol–water partition coefficient (Wildman–Crippen LogP) is 3.16. The maximum absolute atomic E-state index is 12.3. The van der Waals surface area contributed by atoms with Gasteiger partial charge in [-0.2, -0.15) is 5.10 Å². The van der Waals surface area contributed by atoms with Gasteiger partial charge in [-0.25, -0.2) is 0 Å². The first-order valence-electron chi connectivity index (χ1n) is 7.62. The molecule has 0 unspecified atom stereocenters. The van der Waals surface area contributed by atoms with Gasteiger partial charge < -0.3 is 9.64 Å². The largest absolute Gasteiger partial charge is 0.495 e.